The minimum Gasteiger partial charge on any atom is -0.534 e. The lowest BCUT2D eigenvalue weighted by atomic mass is 9.77. The summed E-state index contributed by atoms with van der Waals surface area (Å²) in [7, 11) is -0.490. The van der Waals surface area contributed by atoms with Crippen molar-refractivity contribution in [2.45, 2.75) is 33.3 Å². The normalized spacial score (nSPS) is 18.4. The van der Waals surface area contributed by atoms with Crippen molar-refractivity contribution in [2.75, 3.05) is 0 Å². The van der Waals surface area contributed by atoms with E-state index in [4.69, 9.17) is 9.31 Å². The molecule has 2 rings (SSSR count). The molecule has 1 heterocycles. The van der Waals surface area contributed by atoms with Crippen molar-refractivity contribution in [3.05, 3.63) is 41.4 Å². The third kappa shape index (κ3) is 2.09. The molecule has 0 amide bonds. The molecule has 2 nitrogen and oxygen atoms in total. The fourth-order valence-electron chi connectivity index (χ4n) is 1.88. The van der Waals surface area contributed by atoms with Gasteiger partial charge in [0.1, 0.15) is 11.4 Å². The number of hydrogen-bond donors (Lipinski definition) is 0. The maximum Gasteiger partial charge on any atom is 0.563 e. The number of rotatable bonds is 1. The number of benzene rings is 1. The predicted molar refractivity (Wildman–Crippen MR) is 66.7 cm³/mol. The summed E-state index contributed by atoms with van der Waals surface area (Å²) in [6, 6.07) is 3.50. The zero-order valence-corrected chi connectivity index (χ0v) is 10.6. The van der Waals surface area contributed by atoms with Crippen LogP contribution in [0.2, 0.25) is 0 Å². The van der Waals surface area contributed by atoms with Crippen LogP contribution in [0.5, 0.6) is 0 Å². The molecule has 1 aromatic carbocycles. The van der Waals surface area contributed by atoms with E-state index in [1.165, 1.54) is 0 Å². The van der Waals surface area contributed by atoms with Crippen molar-refractivity contribution < 1.29 is 13.7 Å². The van der Waals surface area contributed by atoms with Gasteiger partial charge in [0.25, 0.3) is 0 Å². The summed E-state index contributed by atoms with van der Waals surface area (Å²) in [5.41, 5.74) is 1.53. The molecule has 0 atom stereocenters. The number of hydrogen-bond acceptors (Lipinski definition) is 2. The van der Waals surface area contributed by atoms with Gasteiger partial charge in [0.15, 0.2) is 0 Å². The van der Waals surface area contributed by atoms with Gasteiger partial charge in [-0.05, 0) is 44.3 Å². The predicted octanol–water partition coefficient (Wildman–Crippen LogP) is 2.48. The molecule has 1 saturated heterocycles. The lowest BCUT2D eigenvalue weighted by Crippen LogP contribution is -2.35. The summed E-state index contributed by atoms with van der Waals surface area (Å²) in [6.07, 6.45) is 0. The average Bonchev–Trinajstić information content (AvgIpc) is 2.49. The molecule has 0 saturated carbocycles. The fraction of sp³-hybridized carbons (Fsp3) is 0.385. The Morgan fingerprint density at radius 3 is 2.18 bits per heavy atom. The van der Waals surface area contributed by atoms with E-state index in [1.54, 1.807) is 26.0 Å². The first-order chi connectivity index (χ1) is 7.81. The molecule has 0 unspecified atom stereocenters. The Labute approximate surface area is 102 Å². The third-order valence-corrected chi connectivity index (χ3v) is 3.05. The van der Waals surface area contributed by atoms with Crippen molar-refractivity contribution in [3.63, 3.8) is 0 Å². The van der Waals surface area contributed by atoms with Crippen LogP contribution in [0.3, 0.4) is 0 Å². The summed E-state index contributed by atoms with van der Waals surface area (Å²) in [6.45, 7) is 11.1. The Morgan fingerprint density at radius 1 is 1.24 bits per heavy atom. The Morgan fingerprint density at radius 2 is 1.76 bits per heavy atom. The highest BCUT2D eigenvalue weighted by atomic mass is 19.1. The third-order valence-electron chi connectivity index (χ3n) is 3.05. The van der Waals surface area contributed by atoms with Crippen LogP contribution < -0.4 is 5.46 Å². The summed E-state index contributed by atoms with van der Waals surface area (Å²) in [5.74, 6) is 0.423. The van der Waals surface area contributed by atoms with Crippen molar-refractivity contribution in [1.29, 1.82) is 0 Å². The number of aryl methyl sites for hydroxylation is 2. The lowest BCUT2D eigenvalue weighted by Gasteiger charge is -2.15. The van der Waals surface area contributed by atoms with E-state index in [2.05, 4.69) is 6.58 Å². The highest BCUT2D eigenvalue weighted by Crippen LogP contribution is 2.29. The zero-order chi connectivity index (χ0) is 12.8. The fourth-order valence-corrected chi connectivity index (χ4v) is 1.88. The molecule has 1 aromatic rings. The lowest BCUT2D eigenvalue weighted by molar-refractivity contribution is 0.173. The smallest absolute Gasteiger partial charge is 0.534 e. The van der Waals surface area contributed by atoms with Crippen LogP contribution in [-0.2, 0) is 9.31 Å². The van der Waals surface area contributed by atoms with Gasteiger partial charge in [0, 0.05) is 0 Å². The van der Waals surface area contributed by atoms with E-state index >= 15 is 0 Å². The SMILES string of the molecule is C=C1OB(c2cc(C)c(F)c(C)c2)OC1(C)C. The number of halogens is 1. The van der Waals surface area contributed by atoms with Gasteiger partial charge >= 0.3 is 7.12 Å². The van der Waals surface area contributed by atoms with Gasteiger partial charge in [0.05, 0.1) is 5.76 Å². The van der Waals surface area contributed by atoms with Gasteiger partial charge in [-0.3, -0.25) is 0 Å². The van der Waals surface area contributed by atoms with E-state index in [1.807, 2.05) is 13.8 Å². The maximum absolute atomic E-state index is 13.5. The maximum atomic E-state index is 13.5. The summed E-state index contributed by atoms with van der Waals surface area (Å²) in [4.78, 5) is 0. The highest BCUT2D eigenvalue weighted by molar-refractivity contribution is 6.62. The van der Waals surface area contributed by atoms with E-state index in [9.17, 15) is 4.39 Å². The van der Waals surface area contributed by atoms with Gasteiger partial charge in [-0.15, -0.1) is 0 Å². The molecule has 0 aromatic heterocycles. The molecule has 1 fully saturated rings. The van der Waals surface area contributed by atoms with Crippen LogP contribution >= 0.6 is 0 Å². The molecule has 1 aliphatic rings. The molecule has 0 aliphatic carbocycles. The van der Waals surface area contributed by atoms with Crippen molar-refractivity contribution in [2.24, 2.45) is 0 Å². The van der Waals surface area contributed by atoms with E-state index in [0.717, 1.165) is 5.46 Å². The molecule has 17 heavy (non-hydrogen) atoms. The standard InChI is InChI=1S/C13H16BFO2/c1-8-6-11(7-9(2)12(8)15)14-16-10(3)13(4,5)17-14/h6-7H,3H2,1-2,4-5H3. The minimum absolute atomic E-state index is 0.176. The van der Waals surface area contributed by atoms with Gasteiger partial charge in [-0.25, -0.2) is 4.39 Å². The molecule has 0 N–H and O–H groups in total. The van der Waals surface area contributed by atoms with Crippen LogP contribution in [0, 0.1) is 19.7 Å². The van der Waals surface area contributed by atoms with Gasteiger partial charge in [-0.1, -0.05) is 18.7 Å². The first-order valence-electron chi connectivity index (χ1n) is 5.62. The van der Waals surface area contributed by atoms with Crippen LogP contribution in [0.15, 0.2) is 24.5 Å². The molecular weight excluding hydrogens is 218 g/mol. The van der Waals surface area contributed by atoms with E-state index in [-0.39, 0.29) is 5.82 Å². The van der Waals surface area contributed by atoms with Gasteiger partial charge in [0.2, 0.25) is 0 Å². The Hall–Kier alpha value is -1.29. The molecule has 0 spiro atoms. The van der Waals surface area contributed by atoms with Crippen molar-refractivity contribution >= 4 is 12.6 Å². The molecule has 0 radical (unpaired) electrons. The van der Waals surface area contributed by atoms with Crippen molar-refractivity contribution in [3.8, 4) is 0 Å². The largest absolute Gasteiger partial charge is 0.563 e. The second kappa shape index (κ2) is 3.88. The quantitative estimate of drug-likeness (QED) is 0.695. The van der Waals surface area contributed by atoms with E-state index in [0.29, 0.717) is 16.9 Å². The molecule has 1 aliphatic heterocycles. The van der Waals surface area contributed by atoms with E-state index < -0.39 is 12.7 Å². The molecular formula is C13H16BFO2. The first kappa shape index (κ1) is 12.2. The van der Waals surface area contributed by atoms with Crippen LogP contribution in [0.1, 0.15) is 25.0 Å². The first-order valence-corrected chi connectivity index (χ1v) is 5.62. The van der Waals surface area contributed by atoms with Crippen molar-refractivity contribution in [1.82, 2.24) is 0 Å². The Kier molecular flexibility index (Phi) is 2.78. The topological polar surface area (TPSA) is 18.5 Å². The van der Waals surface area contributed by atoms with Gasteiger partial charge in [-0.2, -0.15) is 0 Å². The van der Waals surface area contributed by atoms with Crippen LogP contribution in [0.4, 0.5) is 4.39 Å². The summed E-state index contributed by atoms with van der Waals surface area (Å²) < 4.78 is 24.9. The summed E-state index contributed by atoms with van der Waals surface area (Å²) >= 11 is 0. The van der Waals surface area contributed by atoms with Crippen LogP contribution in [0.25, 0.3) is 0 Å². The minimum atomic E-state index is -0.499. The van der Waals surface area contributed by atoms with Crippen LogP contribution in [-0.4, -0.2) is 12.7 Å². The summed E-state index contributed by atoms with van der Waals surface area (Å²) in [5, 5.41) is 0. The van der Waals surface area contributed by atoms with Gasteiger partial charge < -0.3 is 9.31 Å². The zero-order valence-electron chi connectivity index (χ0n) is 10.6. The Balaban J connectivity index is 2.34. The molecule has 4 heteroatoms. The molecule has 90 valence electrons. The second-order valence-corrected chi connectivity index (χ2v) is 4.97. The highest BCUT2D eigenvalue weighted by Gasteiger charge is 2.42. The second-order valence-electron chi connectivity index (χ2n) is 4.97. The Bertz CT molecular complexity index is 459. The molecule has 0 bridgehead atoms. The monoisotopic (exact) mass is 234 g/mol. The average molecular weight is 234 g/mol.